The second-order valence-corrected chi connectivity index (χ2v) is 8.23. The monoisotopic (exact) mass is 489 g/mol. The van der Waals surface area contributed by atoms with Gasteiger partial charge >= 0.3 is 0 Å². The van der Waals surface area contributed by atoms with Gasteiger partial charge in [0.1, 0.15) is 5.75 Å². The number of benzene rings is 2. The molecule has 0 aliphatic rings. The molecule has 0 fully saturated rings. The van der Waals surface area contributed by atoms with Crippen molar-refractivity contribution in [1.29, 1.82) is 0 Å². The second-order valence-electron chi connectivity index (χ2n) is 6.98. The summed E-state index contributed by atoms with van der Waals surface area (Å²) < 4.78 is 8.91. The number of amides is 1. The zero-order valence-corrected chi connectivity index (χ0v) is 19.2. The van der Waals surface area contributed by atoms with Crippen molar-refractivity contribution in [2.24, 2.45) is 0 Å². The number of carbonyl (C=O) groups is 1. The van der Waals surface area contributed by atoms with Gasteiger partial charge in [-0.2, -0.15) is 10.2 Å². The summed E-state index contributed by atoms with van der Waals surface area (Å²) in [4.78, 5) is 12.5. The van der Waals surface area contributed by atoms with E-state index in [1.807, 2.05) is 13.0 Å². The van der Waals surface area contributed by atoms with Gasteiger partial charge in [0.25, 0.3) is 5.91 Å². The van der Waals surface area contributed by atoms with Crippen LogP contribution < -0.4 is 10.1 Å². The highest BCUT2D eigenvalue weighted by Crippen LogP contribution is 2.25. The minimum absolute atomic E-state index is 0.156. The lowest BCUT2D eigenvalue weighted by molar-refractivity contribution is 0.101. The lowest BCUT2D eigenvalue weighted by atomic mass is 10.2. The summed E-state index contributed by atoms with van der Waals surface area (Å²) in [5.74, 6) is 0.702. The van der Waals surface area contributed by atoms with E-state index < -0.39 is 0 Å². The number of anilines is 1. The number of nitrogens with one attached hydrogen (secondary N) is 1. The van der Waals surface area contributed by atoms with Crippen molar-refractivity contribution in [2.75, 3.05) is 5.32 Å². The number of hydrogen-bond donors (Lipinski definition) is 1. The molecule has 0 saturated carbocycles. The molecule has 4 rings (SSSR count). The van der Waals surface area contributed by atoms with Crippen LogP contribution in [0, 0.1) is 6.92 Å². The van der Waals surface area contributed by atoms with Gasteiger partial charge in [-0.3, -0.25) is 9.48 Å². The maximum absolute atomic E-state index is 12.5. The minimum Gasteiger partial charge on any atom is -0.471 e. The van der Waals surface area contributed by atoms with E-state index in [4.69, 9.17) is 39.5 Å². The Morgan fingerprint density at radius 2 is 1.75 bits per heavy atom. The molecule has 4 aromatic rings. The molecule has 2 heterocycles. The number of aryl methyl sites for hydroxylation is 1. The Bertz CT molecular complexity index is 1250. The van der Waals surface area contributed by atoms with Crippen molar-refractivity contribution in [1.82, 2.24) is 19.6 Å². The van der Waals surface area contributed by atoms with E-state index in [2.05, 4.69) is 15.5 Å². The van der Waals surface area contributed by atoms with Gasteiger partial charge in [-0.05, 0) is 48.9 Å². The van der Waals surface area contributed by atoms with Crippen molar-refractivity contribution < 1.29 is 9.53 Å². The molecule has 7 nitrogen and oxygen atoms in total. The van der Waals surface area contributed by atoms with E-state index in [1.54, 1.807) is 59.5 Å². The number of carbonyl (C=O) groups excluding carboxylic acids is 1. The van der Waals surface area contributed by atoms with Crippen molar-refractivity contribution in [3.05, 3.63) is 92.8 Å². The first-order valence-corrected chi connectivity index (χ1v) is 10.7. The van der Waals surface area contributed by atoms with Crippen LogP contribution in [-0.4, -0.2) is 25.5 Å². The Morgan fingerprint density at radius 3 is 2.50 bits per heavy atom. The molecule has 1 N–H and O–H groups in total. The Hall–Kier alpha value is -3.00. The number of aromatic nitrogens is 4. The van der Waals surface area contributed by atoms with Crippen LogP contribution in [0.3, 0.4) is 0 Å². The number of ether oxygens (including phenoxy) is 1. The number of nitrogens with zero attached hydrogens (tertiary/aromatic N) is 4. The maximum atomic E-state index is 12.5. The molecule has 0 atom stereocenters. The Morgan fingerprint density at radius 1 is 1.00 bits per heavy atom. The summed E-state index contributed by atoms with van der Waals surface area (Å²) in [6, 6.07) is 14.0. The summed E-state index contributed by atoms with van der Waals surface area (Å²) in [6.07, 6.45) is 3.40. The summed E-state index contributed by atoms with van der Waals surface area (Å²) in [5, 5.41) is 13.1. The van der Waals surface area contributed by atoms with Crippen molar-refractivity contribution in [3.63, 3.8) is 0 Å². The molecule has 0 aliphatic carbocycles. The van der Waals surface area contributed by atoms with Crippen molar-refractivity contribution >= 4 is 46.5 Å². The summed E-state index contributed by atoms with van der Waals surface area (Å²) in [5.41, 5.74) is 1.91. The van der Waals surface area contributed by atoms with Crippen LogP contribution in [0.25, 0.3) is 0 Å². The molecule has 164 valence electrons. The number of hydrogen-bond acceptors (Lipinski definition) is 4. The third-order valence-electron chi connectivity index (χ3n) is 4.63. The van der Waals surface area contributed by atoms with Gasteiger partial charge < -0.3 is 10.1 Å². The van der Waals surface area contributed by atoms with Gasteiger partial charge in [0.2, 0.25) is 0 Å². The van der Waals surface area contributed by atoms with Crippen LogP contribution in [0.15, 0.2) is 60.9 Å². The van der Waals surface area contributed by atoms with E-state index in [-0.39, 0.29) is 18.3 Å². The lowest BCUT2D eigenvalue weighted by Gasteiger charge is -2.09. The first-order valence-electron chi connectivity index (χ1n) is 9.59. The predicted octanol–water partition coefficient (Wildman–Crippen LogP) is 5.69. The molecule has 1 amide bonds. The van der Waals surface area contributed by atoms with Crippen molar-refractivity contribution in [2.45, 2.75) is 20.2 Å². The minimum atomic E-state index is -0.382. The van der Waals surface area contributed by atoms with Crippen LogP contribution in [0.4, 0.5) is 5.82 Å². The van der Waals surface area contributed by atoms with Crippen molar-refractivity contribution in [3.8, 4) is 5.75 Å². The third-order valence-corrected chi connectivity index (χ3v) is 5.57. The van der Waals surface area contributed by atoms with Crippen LogP contribution in [-0.2, 0) is 13.3 Å². The second kappa shape index (κ2) is 9.65. The average molecular weight is 491 g/mol. The fourth-order valence-corrected chi connectivity index (χ4v) is 3.75. The van der Waals surface area contributed by atoms with Gasteiger partial charge in [-0.1, -0.05) is 40.9 Å². The van der Waals surface area contributed by atoms with Crippen LogP contribution in [0.2, 0.25) is 15.1 Å². The fourth-order valence-electron chi connectivity index (χ4n) is 3.01. The van der Waals surface area contributed by atoms with Crippen LogP contribution >= 0.6 is 34.8 Å². The molecule has 2 aromatic carbocycles. The molecule has 0 unspecified atom stereocenters. The molecular formula is C22H18Cl3N5O2. The first kappa shape index (κ1) is 22.2. The third kappa shape index (κ3) is 5.24. The molecule has 0 aliphatic heterocycles. The number of halogens is 3. The van der Waals surface area contributed by atoms with Gasteiger partial charge in [0.05, 0.1) is 6.54 Å². The highest BCUT2D eigenvalue weighted by atomic mass is 35.5. The van der Waals surface area contributed by atoms with Gasteiger partial charge in [-0.25, -0.2) is 4.68 Å². The Labute approximate surface area is 199 Å². The molecule has 0 bridgehead atoms. The van der Waals surface area contributed by atoms with E-state index in [1.165, 1.54) is 4.68 Å². The zero-order chi connectivity index (χ0) is 22.7. The molecule has 0 saturated heterocycles. The molecule has 0 radical (unpaired) electrons. The van der Waals surface area contributed by atoms with E-state index in [0.717, 1.165) is 11.1 Å². The average Bonchev–Trinajstić information content (AvgIpc) is 3.40. The molecular weight excluding hydrogens is 473 g/mol. The summed E-state index contributed by atoms with van der Waals surface area (Å²) in [6.45, 7) is 2.44. The van der Waals surface area contributed by atoms with Gasteiger partial charge in [0, 0.05) is 39.1 Å². The topological polar surface area (TPSA) is 74.0 Å². The molecule has 32 heavy (non-hydrogen) atoms. The van der Waals surface area contributed by atoms with E-state index in [9.17, 15) is 4.79 Å². The maximum Gasteiger partial charge on any atom is 0.277 e. The largest absolute Gasteiger partial charge is 0.471 e. The fraction of sp³-hybridized carbons (Fsp3) is 0.136. The highest BCUT2D eigenvalue weighted by Gasteiger charge is 2.13. The Balaban J connectivity index is 1.36. The molecule has 0 spiro atoms. The normalized spacial score (nSPS) is 10.9. The van der Waals surface area contributed by atoms with Gasteiger partial charge in [0.15, 0.2) is 18.2 Å². The quantitative estimate of drug-likeness (QED) is 0.361. The van der Waals surface area contributed by atoms with Crippen LogP contribution in [0.1, 0.15) is 21.6 Å². The standard InChI is InChI=1S/C22H18Cl3N5O2/c1-14-11-15(23)5-6-20(14)32-13-30-9-7-19(27-30)22(31)26-21-8-10-29(28-21)12-16-17(24)3-2-4-18(16)25/h2-11H,12-13H2,1H3,(H,26,28,31). The zero-order valence-electron chi connectivity index (χ0n) is 16.9. The molecule has 2 aromatic heterocycles. The lowest BCUT2D eigenvalue weighted by Crippen LogP contribution is -2.15. The smallest absolute Gasteiger partial charge is 0.277 e. The van der Waals surface area contributed by atoms with E-state index in [0.29, 0.717) is 33.2 Å². The first-order chi connectivity index (χ1) is 15.4. The predicted molar refractivity (Wildman–Crippen MR) is 125 cm³/mol. The Kier molecular flexibility index (Phi) is 6.69. The van der Waals surface area contributed by atoms with Gasteiger partial charge in [-0.15, -0.1) is 0 Å². The number of rotatable bonds is 7. The SMILES string of the molecule is Cc1cc(Cl)ccc1OCn1ccc(C(=O)Nc2ccn(Cc3c(Cl)cccc3Cl)n2)n1. The summed E-state index contributed by atoms with van der Waals surface area (Å²) >= 11 is 18.4. The van der Waals surface area contributed by atoms with E-state index >= 15 is 0 Å². The summed E-state index contributed by atoms with van der Waals surface area (Å²) in [7, 11) is 0. The van der Waals surface area contributed by atoms with Crippen LogP contribution in [0.5, 0.6) is 5.75 Å². The molecule has 10 heteroatoms. The highest BCUT2D eigenvalue weighted by molar-refractivity contribution is 6.36.